The van der Waals surface area contributed by atoms with Crippen LogP contribution in [0.15, 0.2) is 18.7 Å². The Morgan fingerprint density at radius 1 is 1.29 bits per heavy atom. The lowest BCUT2D eigenvalue weighted by atomic mass is 10.0. The second-order valence-corrected chi connectivity index (χ2v) is 5.42. The van der Waals surface area contributed by atoms with Gasteiger partial charge in [-0.25, -0.2) is 9.97 Å². The molecule has 2 aromatic heterocycles. The summed E-state index contributed by atoms with van der Waals surface area (Å²) in [4.78, 5) is 8.24. The molecule has 6 heteroatoms. The highest BCUT2D eigenvalue weighted by Crippen LogP contribution is 2.25. The second-order valence-electron chi connectivity index (χ2n) is 5.04. The van der Waals surface area contributed by atoms with Crippen LogP contribution in [0.5, 0.6) is 0 Å². The Hall–Kier alpha value is -1.46. The van der Waals surface area contributed by atoms with Crippen molar-refractivity contribution >= 4 is 11.6 Å². The molecule has 21 heavy (non-hydrogen) atoms. The summed E-state index contributed by atoms with van der Waals surface area (Å²) in [5.74, 6) is 0. The highest BCUT2D eigenvalue weighted by molar-refractivity contribution is 6.31. The Bertz CT molecular complexity index is 567. The van der Waals surface area contributed by atoms with Crippen LogP contribution >= 0.6 is 11.6 Å². The van der Waals surface area contributed by atoms with E-state index >= 15 is 0 Å². The van der Waals surface area contributed by atoms with Crippen LogP contribution in [-0.2, 0) is 13.0 Å². The van der Waals surface area contributed by atoms with Gasteiger partial charge in [-0.2, -0.15) is 5.10 Å². The van der Waals surface area contributed by atoms with Gasteiger partial charge in [-0.3, -0.25) is 4.68 Å². The van der Waals surface area contributed by atoms with Gasteiger partial charge in [0.2, 0.25) is 0 Å². The van der Waals surface area contributed by atoms with Crippen molar-refractivity contribution in [2.24, 2.45) is 0 Å². The van der Waals surface area contributed by atoms with Crippen molar-refractivity contribution < 1.29 is 0 Å². The van der Waals surface area contributed by atoms with Gasteiger partial charge in [0.1, 0.15) is 6.33 Å². The number of hydrogen-bond acceptors (Lipinski definition) is 4. The van der Waals surface area contributed by atoms with Crippen LogP contribution in [0.25, 0.3) is 0 Å². The minimum Gasteiger partial charge on any atom is -0.310 e. The summed E-state index contributed by atoms with van der Waals surface area (Å²) in [5.41, 5.74) is 3.02. The normalized spacial score (nSPS) is 12.6. The fourth-order valence-corrected chi connectivity index (χ4v) is 2.59. The minimum atomic E-state index is 0.144. The summed E-state index contributed by atoms with van der Waals surface area (Å²) in [6.45, 7) is 7.93. The summed E-state index contributed by atoms with van der Waals surface area (Å²) in [6.07, 6.45) is 7.11. The monoisotopic (exact) mass is 307 g/mol. The Balaban J connectivity index is 2.27. The molecule has 0 aliphatic carbocycles. The Labute approximate surface area is 130 Å². The highest BCUT2D eigenvalue weighted by atomic mass is 35.5. The number of rotatable bonds is 7. The molecule has 0 aliphatic heterocycles. The van der Waals surface area contributed by atoms with E-state index in [0.717, 1.165) is 47.9 Å². The zero-order valence-electron chi connectivity index (χ0n) is 12.8. The van der Waals surface area contributed by atoms with Crippen molar-refractivity contribution in [1.82, 2.24) is 25.1 Å². The van der Waals surface area contributed by atoms with Crippen molar-refractivity contribution in [3.05, 3.63) is 40.7 Å². The van der Waals surface area contributed by atoms with Crippen LogP contribution in [0, 0.1) is 6.92 Å². The SMILES string of the molecule is CCCNC(Cc1c(Cl)c(C)nn1CC)c1cncnc1. The quantitative estimate of drug-likeness (QED) is 0.854. The van der Waals surface area contributed by atoms with Crippen molar-refractivity contribution in [2.45, 2.75) is 46.2 Å². The van der Waals surface area contributed by atoms with Gasteiger partial charge in [-0.1, -0.05) is 18.5 Å². The molecule has 0 radical (unpaired) electrons. The summed E-state index contributed by atoms with van der Waals surface area (Å²) < 4.78 is 1.97. The maximum absolute atomic E-state index is 6.42. The third kappa shape index (κ3) is 3.80. The molecule has 0 bridgehead atoms. The van der Waals surface area contributed by atoms with Gasteiger partial charge in [-0.15, -0.1) is 0 Å². The molecule has 1 atom stereocenters. The first-order valence-electron chi connectivity index (χ1n) is 7.37. The standard InChI is InChI=1S/C15H22ClN5/c1-4-6-19-13(12-8-17-10-18-9-12)7-14-15(16)11(3)20-21(14)5-2/h8-10,13,19H,4-7H2,1-3H3. The van der Waals surface area contributed by atoms with Crippen LogP contribution in [0.4, 0.5) is 0 Å². The van der Waals surface area contributed by atoms with E-state index in [1.54, 1.807) is 6.33 Å². The molecule has 0 fully saturated rings. The predicted molar refractivity (Wildman–Crippen MR) is 84.4 cm³/mol. The first-order valence-corrected chi connectivity index (χ1v) is 7.75. The topological polar surface area (TPSA) is 55.6 Å². The first kappa shape index (κ1) is 15.9. The summed E-state index contributed by atoms with van der Waals surface area (Å²) in [5, 5.41) is 8.78. The molecule has 2 aromatic rings. The molecular weight excluding hydrogens is 286 g/mol. The number of nitrogens with one attached hydrogen (secondary N) is 1. The lowest BCUT2D eigenvalue weighted by Gasteiger charge is -2.19. The molecule has 0 aliphatic rings. The van der Waals surface area contributed by atoms with Gasteiger partial charge in [0.15, 0.2) is 0 Å². The Morgan fingerprint density at radius 3 is 2.62 bits per heavy atom. The van der Waals surface area contributed by atoms with Crippen LogP contribution in [0.3, 0.4) is 0 Å². The number of nitrogens with zero attached hydrogens (tertiary/aromatic N) is 4. The zero-order valence-corrected chi connectivity index (χ0v) is 13.6. The summed E-state index contributed by atoms with van der Waals surface area (Å²) >= 11 is 6.42. The van der Waals surface area contributed by atoms with Gasteiger partial charge in [0.05, 0.1) is 16.4 Å². The van der Waals surface area contributed by atoms with Crippen molar-refractivity contribution in [3.63, 3.8) is 0 Å². The smallest absolute Gasteiger partial charge is 0.115 e. The van der Waals surface area contributed by atoms with Crippen LogP contribution in [0.1, 0.15) is 43.3 Å². The first-order chi connectivity index (χ1) is 10.2. The molecule has 5 nitrogen and oxygen atoms in total. The third-order valence-electron chi connectivity index (χ3n) is 3.47. The largest absolute Gasteiger partial charge is 0.310 e. The molecule has 2 rings (SSSR count). The van der Waals surface area contributed by atoms with Crippen molar-refractivity contribution in [3.8, 4) is 0 Å². The average molecular weight is 308 g/mol. The van der Waals surface area contributed by atoms with Crippen molar-refractivity contribution in [2.75, 3.05) is 6.54 Å². The fourth-order valence-electron chi connectivity index (χ4n) is 2.37. The number of hydrogen-bond donors (Lipinski definition) is 1. The molecule has 0 saturated heterocycles. The fraction of sp³-hybridized carbons (Fsp3) is 0.533. The number of halogens is 1. The van der Waals surface area contributed by atoms with Gasteiger partial charge in [0.25, 0.3) is 0 Å². The maximum Gasteiger partial charge on any atom is 0.115 e. The molecular formula is C15H22ClN5. The van der Waals surface area contributed by atoms with E-state index in [9.17, 15) is 0 Å². The van der Waals surface area contributed by atoms with Crippen LogP contribution in [-0.4, -0.2) is 26.3 Å². The molecule has 1 N–H and O–H groups in total. The number of aryl methyl sites for hydroxylation is 2. The van der Waals surface area contributed by atoms with Crippen molar-refractivity contribution in [1.29, 1.82) is 0 Å². The molecule has 2 heterocycles. The van der Waals surface area contributed by atoms with E-state index in [4.69, 9.17) is 11.6 Å². The lowest BCUT2D eigenvalue weighted by Crippen LogP contribution is -2.25. The Kier molecular flexibility index (Phi) is 5.70. The van der Waals surface area contributed by atoms with Gasteiger partial charge in [0, 0.05) is 37.0 Å². The molecule has 0 amide bonds. The van der Waals surface area contributed by atoms with Crippen LogP contribution in [0.2, 0.25) is 5.02 Å². The molecule has 0 saturated carbocycles. The van der Waals surface area contributed by atoms with Gasteiger partial charge >= 0.3 is 0 Å². The van der Waals surface area contributed by atoms with E-state index in [1.165, 1.54) is 0 Å². The summed E-state index contributed by atoms with van der Waals surface area (Å²) in [7, 11) is 0. The minimum absolute atomic E-state index is 0.144. The van der Waals surface area contributed by atoms with Crippen LogP contribution < -0.4 is 5.32 Å². The molecule has 1 unspecified atom stereocenters. The Morgan fingerprint density at radius 2 is 2.00 bits per heavy atom. The summed E-state index contributed by atoms with van der Waals surface area (Å²) in [6, 6.07) is 0.144. The number of aromatic nitrogens is 4. The van der Waals surface area contributed by atoms with Gasteiger partial charge < -0.3 is 5.32 Å². The maximum atomic E-state index is 6.42. The van der Waals surface area contributed by atoms with E-state index in [-0.39, 0.29) is 6.04 Å². The van der Waals surface area contributed by atoms with E-state index in [0.29, 0.717) is 0 Å². The third-order valence-corrected chi connectivity index (χ3v) is 3.97. The van der Waals surface area contributed by atoms with E-state index < -0.39 is 0 Å². The van der Waals surface area contributed by atoms with E-state index in [2.05, 4.69) is 34.2 Å². The molecule has 0 aromatic carbocycles. The average Bonchev–Trinajstić information content (AvgIpc) is 2.79. The second kappa shape index (κ2) is 7.52. The zero-order chi connectivity index (χ0) is 15.2. The molecule has 0 spiro atoms. The molecule has 114 valence electrons. The highest BCUT2D eigenvalue weighted by Gasteiger charge is 2.19. The lowest BCUT2D eigenvalue weighted by molar-refractivity contribution is 0.500. The predicted octanol–water partition coefficient (Wildman–Crippen LogP) is 2.94. The van der Waals surface area contributed by atoms with Gasteiger partial charge in [-0.05, 0) is 26.8 Å². The van der Waals surface area contributed by atoms with E-state index in [1.807, 2.05) is 24.0 Å².